The highest BCUT2D eigenvalue weighted by Gasteiger charge is 2.54. The molecule has 62 heavy (non-hydrogen) atoms. The predicted molar refractivity (Wildman–Crippen MR) is 237 cm³/mol. The van der Waals surface area contributed by atoms with Crippen LogP contribution in [-0.2, 0) is 17.8 Å². The second-order valence-corrected chi connectivity index (χ2v) is 20.6. The lowest BCUT2D eigenvalue weighted by Gasteiger charge is -2.52. The molecule has 2 aromatic carbocycles. The summed E-state index contributed by atoms with van der Waals surface area (Å²) < 4.78 is 19.6. The number of benzene rings is 2. The number of phenols is 2. The maximum absolute atomic E-state index is 12.5. The molecule has 9 rings (SSSR count). The average Bonchev–Trinajstić information content (AvgIpc) is 4.05. The van der Waals surface area contributed by atoms with Crippen LogP contribution >= 0.6 is 0 Å². The third-order valence-corrected chi connectivity index (χ3v) is 17.0. The van der Waals surface area contributed by atoms with Crippen LogP contribution in [0.15, 0.2) is 36.7 Å². The molecule has 5 fully saturated rings. The Hall–Kier alpha value is -3.32. The molecular formula is C51H72N2O9. The fraction of sp³-hybridized carbons (Fsp3) is 0.686. The van der Waals surface area contributed by atoms with E-state index in [2.05, 4.69) is 28.5 Å². The first-order valence-corrected chi connectivity index (χ1v) is 24.0. The van der Waals surface area contributed by atoms with Crippen LogP contribution in [0.5, 0.6) is 23.0 Å². The monoisotopic (exact) mass is 857 g/mol. The molecule has 11 nitrogen and oxygen atoms in total. The van der Waals surface area contributed by atoms with Crippen LogP contribution in [0.4, 0.5) is 0 Å². The molecule has 2 bridgehead atoms. The summed E-state index contributed by atoms with van der Waals surface area (Å²) in [6.45, 7) is 1.07. The molecule has 4 aliphatic carbocycles. The van der Waals surface area contributed by atoms with E-state index in [9.17, 15) is 30.6 Å². The molecule has 340 valence electrons. The predicted octanol–water partition coefficient (Wildman–Crippen LogP) is 8.03. The molecule has 4 saturated carbocycles. The SMILES string of the molecule is CNCCC1CC2c3cc(C4CCC5C(O)CC(c6c(CO)c(O)c(O)c(OC)c6Cc6cc[nH]c6)OC5C4)ccc3OCCC3CCC(O)(CCC(O)C2C2(CCCC2)C1)C3. The number of hydrogen-bond acceptors (Lipinski definition) is 10. The van der Waals surface area contributed by atoms with E-state index in [-0.39, 0.29) is 46.5 Å². The molecule has 11 heteroatoms. The van der Waals surface area contributed by atoms with Gasteiger partial charge in [0.25, 0.3) is 0 Å². The van der Waals surface area contributed by atoms with Crippen molar-refractivity contribution in [3.05, 3.63) is 70.0 Å². The molecule has 1 spiro atoms. The number of fused-ring (bicyclic) bond motifs is 7. The van der Waals surface area contributed by atoms with E-state index in [0.717, 1.165) is 88.5 Å². The van der Waals surface area contributed by atoms with E-state index in [1.165, 1.54) is 31.1 Å². The summed E-state index contributed by atoms with van der Waals surface area (Å²) in [6.07, 6.45) is 17.4. The van der Waals surface area contributed by atoms with Crippen LogP contribution in [-0.4, -0.2) is 86.8 Å². The Morgan fingerprint density at radius 3 is 2.48 bits per heavy atom. The van der Waals surface area contributed by atoms with Gasteiger partial charge in [0.15, 0.2) is 11.5 Å². The van der Waals surface area contributed by atoms with Gasteiger partial charge in [0.05, 0.1) is 50.3 Å². The van der Waals surface area contributed by atoms with E-state index < -0.39 is 42.0 Å². The van der Waals surface area contributed by atoms with Gasteiger partial charge in [-0.05, 0) is 173 Å². The fourth-order valence-corrected chi connectivity index (χ4v) is 14.1. The van der Waals surface area contributed by atoms with Gasteiger partial charge in [0.2, 0.25) is 5.75 Å². The van der Waals surface area contributed by atoms with Crippen LogP contribution in [0.3, 0.4) is 0 Å². The fourth-order valence-electron chi connectivity index (χ4n) is 14.1. The highest BCUT2D eigenvalue weighted by atomic mass is 16.5. The van der Waals surface area contributed by atoms with Crippen molar-refractivity contribution in [1.82, 2.24) is 10.3 Å². The Balaban J connectivity index is 1.06. The zero-order valence-electron chi connectivity index (χ0n) is 37.0. The van der Waals surface area contributed by atoms with Crippen LogP contribution in [0.25, 0.3) is 0 Å². The van der Waals surface area contributed by atoms with Gasteiger partial charge in [-0.25, -0.2) is 0 Å². The van der Waals surface area contributed by atoms with Crippen molar-refractivity contribution in [2.24, 2.45) is 29.1 Å². The van der Waals surface area contributed by atoms with Crippen LogP contribution in [0.1, 0.15) is 160 Å². The molecule has 2 aliphatic heterocycles. The number of rotatable bonds is 9. The highest BCUT2D eigenvalue weighted by Crippen LogP contribution is 2.62. The number of aromatic nitrogens is 1. The van der Waals surface area contributed by atoms with E-state index in [0.29, 0.717) is 61.7 Å². The number of aliphatic hydroxyl groups excluding tert-OH is 3. The quantitative estimate of drug-likeness (QED) is 0.0984. The number of phenolic OH excluding ortho intramolecular Hbond substituents is 1. The molecule has 0 radical (unpaired) electrons. The molecule has 3 heterocycles. The second kappa shape index (κ2) is 18.3. The third-order valence-electron chi connectivity index (χ3n) is 17.0. The number of hydrogen-bond donors (Lipinski definition) is 8. The maximum Gasteiger partial charge on any atom is 0.201 e. The average molecular weight is 857 g/mol. The zero-order valence-corrected chi connectivity index (χ0v) is 37.0. The smallest absolute Gasteiger partial charge is 0.201 e. The summed E-state index contributed by atoms with van der Waals surface area (Å²) in [5, 5.41) is 72.4. The number of nitrogens with one attached hydrogen (secondary N) is 2. The minimum atomic E-state index is -0.701. The minimum absolute atomic E-state index is 0.0597. The maximum atomic E-state index is 12.5. The van der Waals surface area contributed by atoms with Gasteiger partial charge in [-0.15, -0.1) is 0 Å². The number of methoxy groups -OCH3 is 1. The summed E-state index contributed by atoms with van der Waals surface area (Å²) in [4.78, 5) is 3.09. The standard InChI is InChI=1S/C51H72N2O9/c1-52-18-11-31-21-37-36-23-33(6-8-42(36)61-20-13-30-9-16-51(59,27-30)17-10-40(55)46(37)50(26-31)14-3-4-15-50)34-5-7-35-41(56)25-44(62-43(35)24-34)45-38(22-32-12-19-53-28-32)49(60-2)48(58)47(57)39(45)29-54/h6,8,12,19,23,28,30-31,34-35,37,40-41,43-44,46,52-59H,3-5,7,9-11,13-18,20-22,24-27,29H2,1-2H3. The van der Waals surface area contributed by atoms with Gasteiger partial charge in [-0.3, -0.25) is 0 Å². The molecule has 8 N–H and O–H groups in total. The number of aliphatic hydroxyl groups is 4. The van der Waals surface area contributed by atoms with Crippen molar-refractivity contribution in [2.75, 3.05) is 27.3 Å². The first-order valence-electron chi connectivity index (χ1n) is 24.0. The van der Waals surface area contributed by atoms with Crippen LogP contribution in [0.2, 0.25) is 0 Å². The second-order valence-electron chi connectivity index (χ2n) is 20.6. The van der Waals surface area contributed by atoms with E-state index in [1.807, 2.05) is 25.5 Å². The van der Waals surface area contributed by atoms with Gasteiger partial charge >= 0.3 is 0 Å². The molecular weight excluding hydrogens is 785 g/mol. The summed E-state index contributed by atoms with van der Waals surface area (Å²) >= 11 is 0. The number of H-pyrrole nitrogens is 1. The van der Waals surface area contributed by atoms with Crippen molar-refractivity contribution >= 4 is 0 Å². The topological polar surface area (TPSA) is 177 Å². The Morgan fingerprint density at radius 2 is 1.73 bits per heavy atom. The Morgan fingerprint density at radius 1 is 0.903 bits per heavy atom. The molecule has 1 aromatic heterocycles. The van der Waals surface area contributed by atoms with Crippen LogP contribution < -0.4 is 14.8 Å². The third kappa shape index (κ3) is 8.39. The summed E-state index contributed by atoms with van der Waals surface area (Å²) in [7, 11) is 3.50. The van der Waals surface area contributed by atoms with Gasteiger partial charge in [-0.1, -0.05) is 25.0 Å². The van der Waals surface area contributed by atoms with Crippen LogP contribution in [0, 0.1) is 29.1 Å². The van der Waals surface area contributed by atoms with Crippen molar-refractivity contribution in [3.8, 4) is 23.0 Å². The first kappa shape index (κ1) is 43.9. The zero-order chi connectivity index (χ0) is 43.2. The summed E-state index contributed by atoms with van der Waals surface area (Å²) in [5.41, 5.74) is 4.13. The highest BCUT2D eigenvalue weighted by molar-refractivity contribution is 5.64. The summed E-state index contributed by atoms with van der Waals surface area (Å²) in [5.74, 6) is 1.50. The van der Waals surface area contributed by atoms with Crippen molar-refractivity contribution in [1.29, 1.82) is 0 Å². The lowest BCUT2D eigenvalue weighted by atomic mass is 9.53. The van der Waals surface area contributed by atoms with Crippen molar-refractivity contribution < 1.29 is 44.8 Å². The summed E-state index contributed by atoms with van der Waals surface area (Å²) in [6, 6.07) is 8.80. The molecule has 0 amide bonds. The Bertz CT molecular complexity index is 2000. The Labute approximate surface area is 367 Å². The number of aromatic amines is 1. The molecule has 6 aliphatic rings. The first-order chi connectivity index (χ1) is 30.0. The lowest BCUT2D eigenvalue weighted by molar-refractivity contribution is -0.154. The van der Waals surface area contributed by atoms with Gasteiger partial charge in [0, 0.05) is 42.3 Å². The van der Waals surface area contributed by atoms with Gasteiger partial charge < -0.3 is 55.2 Å². The molecule has 3 aromatic rings. The minimum Gasteiger partial charge on any atom is -0.504 e. The molecule has 1 saturated heterocycles. The lowest BCUT2D eigenvalue weighted by Crippen LogP contribution is -2.47. The van der Waals surface area contributed by atoms with E-state index in [4.69, 9.17) is 14.2 Å². The van der Waals surface area contributed by atoms with E-state index >= 15 is 0 Å². The van der Waals surface area contributed by atoms with E-state index in [1.54, 1.807) is 0 Å². The van der Waals surface area contributed by atoms with Gasteiger partial charge in [-0.2, -0.15) is 0 Å². The largest absolute Gasteiger partial charge is 0.504 e. The number of ether oxygens (including phenoxy) is 3. The van der Waals surface area contributed by atoms with Crippen molar-refractivity contribution in [2.45, 2.75) is 164 Å². The van der Waals surface area contributed by atoms with Gasteiger partial charge in [0.1, 0.15) is 5.75 Å². The Kier molecular flexibility index (Phi) is 12.9. The number of aromatic hydroxyl groups is 2. The molecule has 11 atom stereocenters. The molecule has 11 unspecified atom stereocenters. The van der Waals surface area contributed by atoms with Crippen molar-refractivity contribution in [3.63, 3.8) is 0 Å². The normalized spacial score (nSPS) is 34.5.